The summed E-state index contributed by atoms with van der Waals surface area (Å²) in [5.74, 6) is -3.54. The van der Waals surface area contributed by atoms with Crippen LogP contribution in [0.15, 0.2) is 59.5 Å². The van der Waals surface area contributed by atoms with Crippen LogP contribution in [0.2, 0.25) is 0 Å². The monoisotopic (exact) mass is 378 g/mol. The molecule has 0 aliphatic heterocycles. The molecule has 4 N–H and O–H groups in total. The minimum Gasteiger partial charge on any atom is -0.480 e. The molecule has 2 aromatic rings. The average Bonchev–Trinajstić information content (AvgIpc) is 2.59. The van der Waals surface area contributed by atoms with Gasteiger partial charge in [0.2, 0.25) is 0 Å². The van der Waals surface area contributed by atoms with Crippen molar-refractivity contribution in [3.05, 3.63) is 70.3 Å². The highest BCUT2D eigenvalue weighted by molar-refractivity contribution is 7.97. The van der Waals surface area contributed by atoms with Crippen LogP contribution in [0.5, 0.6) is 0 Å². The number of carboxylic acid groups (broad SMARTS) is 1. The molecule has 0 unspecified atom stereocenters. The van der Waals surface area contributed by atoms with Gasteiger partial charge in [-0.2, -0.15) is 0 Å². The van der Waals surface area contributed by atoms with E-state index in [-0.39, 0.29) is 17.0 Å². The summed E-state index contributed by atoms with van der Waals surface area (Å²) in [6, 6.07) is 13.2. The number of carboxylic acids is 1. The first-order valence-electron chi connectivity index (χ1n) is 7.66. The fraction of sp³-hybridized carbons (Fsp3) is 0.235. The highest BCUT2D eigenvalue weighted by Crippen LogP contribution is 2.28. The summed E-state index contributed by atoms with van der Waals surface area (Å²) in [6.07, 6.45) is -0.639. The summed E-state index contributed by atoms with van der Waals surface area (Å²) < 4.78 is 2.57. The predicted molar refractivity (Wildman–Crippen MR) is 95.4 cm³/mol. The van der Waals surface area contributed by atoms with Crippen LogP contribution >= 0.6 is 11.9 Å². The lowest BCUT2D eigenvalue weighted by Gasteiger charge is -2.25. The Hall–Kier alpha value is -2.46. The number of aliphatic hydroxyl groups is 2. The van der Waals surface area contributed by atoms with Gasteiger partial charge in [0.05, 0.1) is 4.92 Å². The van der Waals surface area contributed by atoms with Gasteiger partial charge in [0.15, 0.2) is 5.79 Å². The molecule has 9 heteroatoms. The number of nitrogens with one attached hydrogen (secondary N) is 1. The molecule has 2 aromatic carbocycles. The molecule has 26 heavy (non-hydrogen) atoms. The number of carbonyl (C=O) groups is 1. The average molecular weight is 378 g/mol. The molecule has 0 spiro atoms. The van der Waals surface area contributed by atoms with E-state index in [4.69, 9.17) is 0 Å². The predicted octanol–water partition coefficient (Wildman–Crippen LogP) is 1.96. The van der Waals surface area contributed by atoms with E-state index < -0.39 is 29.1 Å². The van der Waals surface area contributed by atoms with Gasteiger partial charge in [-0.1, -0.05) is 42.5 Å². The summed E-state index contributed by atoms with van der Waals surface area (Å²) in [5, 5.41) is 40.7. The largest absolute Gasteiger partial charge is 0.480 e. The summed E-state index contributed by atoms with van der Waals surface area (Å²) >= 11 is 0.764. The fourth-order valence-corrected chi connectivity index (χ4v) is 3.18. The molecule has 138 valence electrons. The van der Waals surface area contributed by atoms with E-state index in [1.807, 2.05) is 0 Å². The summed E-state index contributed by atoms with van der Waals surface area (Å²) in [4.78, 5) is 22.1. The molecular weight excluding hydrogens is 360 g/mol. The summed E-state index contributed by atoms with van der Waals surface area (Å²) in [7, 11) is 0. The van der Waals surface area contributed by atoms with Gasteiger partial charge in [0, 0.05) is 18.9 Å². The van der Waals surface area contributed by atoms with Gasteiger partial charge in [-0.15, -0.1) is 0 Å². The Balaban J connectivity index is 2.05. The number of hydrogen-bond donors (Lipinski definition) is 4. The van der Waals surface area contributed by atoms with Gasteiger partial charge in [0.25, 0.3) is 5.69 Å². The van der Waals surface area contributed by atoms with E-state index in [9.17, 15) is 30.2 Å². The van der Waals surface area contributed by atoms with Crippen molar-refractivity contribution in [2.24, 2.45) is 0 Å². The van der Waals surface area contributed by atoms with E-state index in [1.54, 1.807) is 36.4 Å². The zero-order valence-electron chi connectivity index (χ0n) is 13.6. The van der Waals surface area contributed by atoms with Crippen LogP contribution in [-0.4, -0.2) is 38.0 Å². The minimum atomic E-state index is -2.25. The smallest absolute Gasteiger partial charge is 0.321 e. The Labute approximate surface area is 153 Å². The maximum absolute atomic E-state index is 11.4. The molecule has 0 radical (unpaired) electrons. The van der Waals surface area contributed by atoms with Gasteiger partial charge >= 0.3 is 5.97 Å². The number of rotatable bonds is 9. The van der Waals surface area contributed by atoms with Crippen LogP contribution in [0, 0.1) is 10.1 Å². The lowest BCUT2D eigenvalue weighted by Crippen LogP contribution is -2.43. The molecule has 0 bridgehead atoms. The van der Waals surface area contributed by atoms with Crippen molar-refractivity contribution >= 4 is 23.6 Å². The molecule has 0 aromatic heterocycles. The quantitative estimate of drug-likeness (QED) is 0.225. The maximum Gasteiger partial charge on any atom is 0.321 e. The topological polar surface area (TPSA) is 133 Å². The highest BCUT2D eigenvalue weighted by Gasteiger charge is 2.32. The first-order chi connectivity index (χ1) is 12.3. The number of para-hydroxylation sites is 1. The standard InChI is InChI=1S/C17H18N2O6S/c20-16(21)13(11-17(22,23)10-12-6-2-1-3-7-12)18-26-15-9-5-4-8-14(15)19(24)25/h1-9,13,18,22-23H,10-11H2,(H,20,21)/t13-/m0/s1. The Morgan fingerprint density at radius 1 is 1.15 bits per heavy atom. The third-order valence-corrected chi connectivity index (χ3v) is 4.50. The lowest BCUT2D eigenvalue weighted by molar-refractivity contribution is -0.387. The van der Waals surface area contributed by atoms with E-state index in [2.05, 4.69) is 4.72 Å². The van der Waals surface area contributed by atoms with Crippen LogP contribution in [0.4, 0.5) is 5.69 Å². The Morgan fingerprint density at radius 2 is 1.77 bits per heavy atom. The van der Waals surface area contributed by atoms with Crippen LogP contribution in [0.25, 0.3) is 0 Å². The zero-order chi connectivity index (χ0) is 19.2. The van der Waals surface area contributed by atoms with Gasteiger partial charge in [0.1, 0.15) is 10.9 Å². The Kier molecular flexibility index (Phi) is 6.70. The molecule has 2 rings (SSSR count). The molecule has 1 atom stereocenters. The lowest BCUT2D eigenvalue weighted by atomic mass is 9.99. The number of nitro benzene ring substituents is 1. The molecule has 0 aliphatic rings. The van der Waals surface area contributed by atoms with Crippen LogP contribution in [0.1, 0.15) is 12.0 Å². The van der Waals surface area contributed by atoms with Crippen molar-refractivity contribution in [3.8, 4) is 0 Å². The second-order valence-electron chi connectivity index (χ2n) is 5.68. The molecule has 0 heterocycles. The van der Waals surface area contributed by atoms with Gasteiger partial charge in [-0.25, -0.2) is 4.72 Å². The van der Waals surface area contributed by atoms with E-state index in [0.29, 0.717) is 5.56 Å². The highest BCUT2D eigenvalue weighted by atomic mass is 32.2. The number of nitro groups is 1. The minimum absolute atomic E-state index is 0.143. The fourth-order valence-electron chi connectivity index (χ4n) is 2.33. The Bertz CT molecular complexity index is 769. The molecule has 0 saturated carbocycles. The normalized spacial score (nSPS) is 12.5. The van der Waals surface area contributed by atoms with Crippen molar-refractivity contribution in [1.29, 1.82) is 0 Å². The van der Waals surface area contributed by atoms with Crippen molar-refractivity contribution < 1.29 is 25.0 Å². The number of hydrogen-bond acceptors (Lipinski definition) is 7. The second kappa shape index (κ2) is 8.77. The van der Waals surface area contributed by atoms with Crippen molar-refractivity contribution in [3.63, 3.8) is 0 Å². The summed E-state index contributed by atoms with van der Waals surface area (Å²) in [6.45, 7) is 0. The first-order valence-corrected chi connectivity index (χ1v) is 8.47. The number of nitrogens with zero attached hydrogens (tertiary/aromatic N) is 1. The molecule has 0 fully saturated rings. The van der Waals surface area contributed by atoms with E-state index in [1.165, 1.54) is 18.2 Å². The van der Waals surface area contributed by atoms with Crippen LogP contribution < -0.4 is 4.72 Å². The molecule has 8 nitrogen and oxygen atoms in total. The first kappa shape index (κ1) is 19.9. The van der Waals surface area contributed by atoms with Gasteiger partial charge in [-0.05, 0) is 23.6 Å². The summed E-state index contributed by atoms with van der Waals surface area (Å²) in [5.41, 5.74) is 0.477. The Morgan fingerprint density at radius 3 is 2.38 bits per heavy atom. The van der Waals surface area contributed by atoms with Crippen LogP contribution in [0.3, 0.4) is 0 Å². The molecule has 0 saturated heterocycles. The van der Waals surface area contributed by atoms with Crippen molar-refractivity contribution in [1.82, 2.24) is 4.72 Å². The van der Waals surface area contributed by atoms with Gasteiger partial charge < -0.3 is 15.3 Å². The second-order valence-corrected chi connectivity index (χ2v) is 6.56. The van der Waals surface area contributed by atoms with Gasteiger partial charge in [-0.3, -0.25) is 14.9 Å². The zero-order valence-corrected chi connectivity index (χ0v) is 14.4. The maximum atomic E-state index is 11.4. The molecular formula is C17H18N2O6S. The molecule has 0 amide bonds. The van der Waals surface area contributed by atoms with Crippen molar-refractivity contribution in [2.45, 2.75) is 29.6 Å². The third kappa shape index (κ3) is 5.81. The number of benzene rings is 2. The van der Waals surface area contributed by atoms with Crippen molar-refractivity contribution in [2.75, 3.05) is 0 Å². The van der Waals surface area contributed by atoms with E-state index in [0.717, 1.165) is 11.9 Å². The third-order valence-electron chi connectivity index (χ3n) is 3.53. The number of aliphatic carboxylic acids is 1. The molecule has 0 aliphatic carbocycles. The van der Waals surface area contributed by atoms with Crippen LogP contribution in [-0.2, 0) is 11.2 Å². The van der Waals surface area contributed by atoms with E-state index >= 15 is 0 Å². The SMILES string of the molecule is O=C(O)[C@H](CC(O)(O)Cc1ccccc1)NSc1ccccc1[N+](=O)[O-].